The molecule has 2 aromatic rings. The second-order valence-corrected chi connectivity index (χ2v) is 4.17. The van der Waals surface area contributed by atoms with E-state index in [4.69, 9.17) is 0 Å². The molecule has 1 saturated heterocycles. The van der Waals surface area contributed by atoms with Crippen LogP contribution in [0.25, 0.3) is 11.0 Å². The highest BCUT2D eigenvalue weighted by atomic mass is 35.5. The Labute approximate surface area is 119 Å². The van der Waals surface area contributed by atoms with E-state index in [0.717, 1.165) is 43.2 Å². The van der Waals surface area contributed by atoms with Gasteiger partial charge in [-0.05, 0) is 25.1 Å². The molecule has 0 spiro atoms. The topological polar surface area (TPSA) is 44.0 Å². The minimum Gasteiger partial charge on any atom is -0.341 e. The van der Waals surface area contributed by atoms with Crippen LogP contribution in [-0.2, 0) is 0 Å². The number of para-hydroxylation sites is 2. The molecule has 0 amide bonds. The summed E-state index contributed by atoms with van der Waals surface area (Å²) in [6, 6.07) is 8.18. The Morgan fingerprint density at radius 3 is 2.72 bits per heavy atom. The zero-order chi connectivity index (χ0) is 10.8. The molecule has 2 heterocycles. The summed E-state index contributed by atoms with van der Waals surface area (Å²) < 4.78 is 0. The zero-order valence-electron chi connectivity index (χ0n) is 10.1. The van der Waals surface area contributed by atoms with Gasteiger partial charge in [-0.3, -0.25) is 0 Å². The van der Waals surface area contributed by atoms with Crippen LogP contribution in [0.3, 0.4) is 0 Å². The lowest BCUT2D eigenvalue weighted by molar-refractivity contribution is 0.724. The molecule has 4 nitrogen and oxygen atoms in total. The molecule has 0 radical (unpaired) electrons. The Morgan fingerprint density at radius 1 is 1.06 bits per heavy atom. The first-order chi connectivity index (χ1) is 7.93. The highest BCUT2D eigenvalue weighted by molar-refractivity contribution is 5.85. The Balaban J connectivity index is 0.000000810. The molecule has 2 N–H and O–H groups in total. The van der Waals surface area contributed by atoms with Crippen molar-refractivity contribution in [2.75, 3.05) is 31.1 Å². The maximum atomic E-state index is 4.62. The molecular weight excluding hydrogens is 271 g/mol. The third kappa shape index (κ3) is 3.07. The van der Waals surface area contributed by atoms with Crippen LogP contribution in [0.4, 0.5) is 5.95 Å². The van der Waals surface area contributed by atoms with Crippen LogP contribution in [0, 0.1) is 0 Å². The fourth-order valence-corrected chi connectivity index (χ4v) is 2.15. The van der Waals surface area contributed by atoms with Crippen molar-refractivity contribution in [3.63, 3.8) is 0 Å². The number of rotatable bonds is 1. The van der Waals surface area contributed by atoms with Crippen LogP contribution in [-0.4, -0.2) is 36.1 Å². The highest BCUT2D eigenvalue weighted by Crippen LogP contribution is 2.17. The molecule has 100 valence electrons. The third-order valence-corrected chi connectivity index (χ3v) is 3.02. The number of benzene rings is 1. The molecule has 0 atom stereocenters. The Kier molecular flexibility index (Phi) is 5.72. The number of imidazole rings is 1. The minimum atomic E-state index is 0. The van der Waals surface area contributed by atoms with E-state index in [9.17, 15) is 0 Å². The van der Waals surface area contributed by atoms with Crippen LogP contribution in [0.2, 0.25) is 0 Å². The van der Waals surface area contributed by atoms with Crippen molar-refractivity contribution in [3.8, 4) is 0 Å². The highest BCUT2D eigenvalue weighted by Gasteiger charge is 2.12. The summed E-state index contributed by atoms with van der Waals surface area (Å²) >= 11 is 0. The van der Waals surface area contributed by atoms with E-state index in [-0.39, 0.29) is 24.8 Å². The van der Waals surface area contributed by atoms with Crippen molar-refractivity contribution < 1.29 is 0 Å². The summed E-state index contributed by atoms with van der Waals surface area (Å²) in [5, 5.41) is 3.40. The van der Waals surface area contributed by atoms with E-state index < -0.39 is 0 Å². The third-order valence-electron chi connectivity index (χ3n) is 3.02. The Morgan fingerprint density at radius 2 is 1.89 bits per heavy atom. The smallest absolute Gasteiger partial charge is 0.203 e. The number of nitrogens with zero attached hydrogens (tertiary/aromatic N) is 2. The van der Waals surface area contributed by atoms with Gasteiger partial charge in [0.15, 0.2) is 0 Å². The lowest BCUT2D eigenvalue weighted by Crippen LogP contribution is -2.28. The molecule has 0 unspecified atom stereocenters. The van der Waals surface area contributed by atoms with Gasteiger partial charge in [-0.15, -0.1) is 24.8 Å². The monoisotopic (exact) mass is 288 g/mol. The van der Waals surface area contributed by atoms with E-state index in [1.807, 2.05) is 18.2 Å². The maximum Gasteiger partial charge on any atom is 0.203 e. The maximum absolute atomic E-state index is 4.62. The van der Waals surface area contributed by atoms with E-state index in [1.165, 1.54) is 6.42 Å². The number of H-pyrrole nitrogens is 1. The second kappa shape index (κ2) is 6.83. The van der Waals surface area contributed by atoms with Gasteiger partial charge < -0.3 is 15.2 Å². The Hall–Kier alpha value is -0.970. The van der Waals surface area contributed by atoms with E-state index in [2.05, 4.69) is 26.3 Å². The van der Waals surface area contributed by atoms with E-state index >= 15 is 0 Å². The number of aromatic amines is 1. The average Bonchev–Trinajstić information content (AvgIpc) is 2.56. The van der Waals surface area contributed by atoms with Crippen LogP contribution < -0.4 is 10.2 Å². The Bertz CT molecular complexity index is 445. The molecule has 1 aliphatic heterocycles. The molecule has 6 heteroatoms. The number of fused-ring (bicyclic) bond motifs is 1. The fraction of sp³-hybridized carbons (Fsp3) is 0.417. The van der Waals surface area contributed by atoms with Crippen LogP contribution in [0.1, 0.15) is 6.42 Å². The first-order valence-corrected chi connectivity index (χ1v) is 5.84. The lowest BCUT2D eigenvalue weighted by atomic mass is 10.3. The van der Waals surface area contributed by atoms with E-state index in [1.54, 1.807) is 0 Å². The van der Waals surface area contributed by atoms with Crippen molar-refractivity contribution in [3.05, 3.63) is 24.3 Å². The largest absolute Gasteiger partial charge is 0.341 e. The van der Waals surface area contributed by atoms with Crippen molar-refractivity contribution in [2.24, 2.45) is 0 Å². The summed E-state index contributed by atoms with van der Waals surface area (Å²) in [6.07, 6.45) is 1.18. The van der Waals surface area contributed by atoms with Crippen molar-refractivity contribution in [1.82, 2.24) is 15.3 Å². The molecule has 1 aromatic heterocycles. The van der Waals surface area contributed by atoms with Gasteiger partial charge in [0.1, 0.15) is 0 Å². The first-order valence-electron chi connectivity index (χ1n) is 5.84. The molecule has 18 heavy (non-hydrogen) atoms. The van der Waals surface area contributed by atoms with Crippen molar-refractivity contribution in [2.45, 2.75) is 6.42 Å². The summed E-state index contributed by atoms with van der Waals surface area (Å²) in [6.45, 7) is 4.25. The SMILES string of the molecule is Cl.Cl.c1ccc2[nH]c(N3CCCNCC3)nc2c1. The summed E-state index contributed by atoms with van der Waals surface area (Å²) in [4.78, 5) is 10.3. The predicted molar refractivity (Wildman–Crippen MR) is 80.3 cm³/mol. The van der Waals surface area contributed by atoms with Crippen molar-refractivity contribution in [1.29, 1.82) is 0 Å². The normalized spacial score (nSPS) is 15.7. The fourth-order valence-electron chi connectivity index (χ4n) is 2.15. The zero-order valence-corrected chi connectivity index (χ0v) is 11.7. The van der Waals surface area contributed by atoms with Crippen LogP contribution >= 0.6 is 24.8 Å². The van der Waals surface area contributed by atoms with Crippen LogP contribution in [0.15, 0.2) is 24.3 Å². The molecule has 0 aliphatic carbocycles. The van der Waals surface area contributed by atoms with Gasteiger partial charge >= 0.3 is 0 Å². The molecule has 1 fully saturated rings. The number of hydrogen-bond donors (Lipinski definition) is 2. The van der Waals surface area contributed by atoms with E-state index in [0.29, 0.717) is 0 Å². The summed E-state index contributed by atoms with van der Waals surface area (Å²) in [5.41, 5.74) is 2.17. The van der Waals surface area contributed by atoms with Gasteiger partial charge in [-0.25, -0.2) is 4.98 Å². The average molecular weight is 289 g/mol. The van der Waals surface area contributed by atoms with Crippen molar-refractivity contribution >= 4 is 41.8 Å². The van der Waals surface area contributed by atoms with Gasteiger partial charge in [-0.1, -0.05) is 12.1 Å². The lowest BCUT2D eigenvalue weighted by Gasteiger charge is -2.18. The van der Waals surface area contributed by atoms with Gasteiger partial charge in [0.2, 0.25) is 5.95 Å². The number of hydrogen-bond acceptors (Lipinski definition) is 3. The van der Waals surface area contributed by atoms with Gasteiger partial charge in [0.25, 0.3) is 0 Å². The number of halogens is 2. The standard InChI is InChI=1S/C12H16N4.2ClH/c1-2-5-11-10(4-1)14-12(15-11)16-8-3-6-13-7-9-16;;/h1-2,4-5,13H,3,6-9H2,(H,14,15);2*1H. The van der Waals surface area contributed by atoms with Crippen LogP contribution in [0.5, 0.6) is 0 Å². The molecular formula is C12H18Cl2N4. The number of aromatic nitrogens is 2. The summed E-state index contributed by atoms with van der Waals surface area (Å²) in [5.74, 6) is 1.00. The minimum absolute atomic E-state index is 0. The van der Waals surface area contributed by atoms with Gasteiger partial charge in [0, 0.05) is 19.6 Å². The quantitative estimate of drug-likeness (QED) is 0.846. The molecule has 0 saturated carbocycles. The molecule has 1 aliphatic rings. The van der Waals surface area contributed by atoms with Gasteiger partial charge in [-0.2, -0.15) is 0 Å². The second-order valence-electron chi connectivity index (χ2n) is 4.17. The molecule has 1 aromatic carbocycles. The van der Waals surface area contributed by atoms with Gasteiger partial charge in [0.05, 0.1) is 11.0 Å². The number of anilines is 1. The molecule has 0 bridgehead atoms. The predicted octanol–water partition coefficient (Wildman–Crippen LogP) is 2.21. The first kappa shape index (κ1) is 15.1. The summed E-state index contributed by atoms with van der Waals surface area (Å²) in [7, 11) is 0. The number of nitrogens with one attached hydrogen (secondary N) is 2. The molecule has 3 rings (SSSR count).